The van der Waals surface area contributed by atoms with Crippen molar-refractivity contribution in [1.29, 1.82) is 0 Å². The molecule has 0 unspecified atom stereocenters. The van der Waals surface area contributed by atoms with E-state index in [1.165, 1.54) is 5.56 Å². The predicted molar refractivity (Wildman–Crippen MR) is 103 cm³/mol. The Kier molecular flexibility index (Phi) is 7.29. The first-order chi connectivity index (χ1) is 14.8. The number of fused-ring (bicyclic) bond motifs is 1. The molecule has 2 N–H and O–H groups in total. The highest BCUT2D eigenvalue weighted by atomic mass is 19.4. The fourth-order valence-electron chi connectivity index (χ4n) is 3.44. The van der Waals surface area contributed by atoms with Gasteiger partial charge in [-0.05, 0) is 12.0 Å². The van der Waals surface area contributed by atoms with Crippen LogP contribution in [0.1, 0.15) is 27.3 Å². The molecule has 2 aliphatic heterocycles. The number of aromatic amines is 1. The van der Waals surface area contributed by atoms with Crippen LogP contribution < -0.4 is 0 Å². The number of halogens is 3. The fraction of sp³-hybridized carbons (Fsp3) is 0.450. The Morgan fingerprint density at radius 3 is 2.39 bits per heavy atom. The number of rotatable bonds is 3. The van der Waals surface area contributed by atoms with Gasteiger partial charge in [-0.1, -0.05) is 30.3 Å². The van der Waals surface area contributed by atoms with E-state index in [9.17, 15) is 18.0 Å². The number of carbonyl (C=O) groups excluding carboxylic acids is 1. The van der Waals surface area contributed by atoms with Gasteiger partial charge in [-0.2, -0.15) is 18.3 Å². The van der Waals surface area contributed by atoms with Gasteiger partial charge in [-0.3, -0.25) is 14.8 Å². The van der Waals surface area contributed by atoms with Crippen molar-refractivity contribution in [1.82, 2.24) is 20.0 Å². The maximum absolute atomic E-state index is 12.7. The number of amides is 1. The smallest absolute Gasteiger partial charge is 0.475 e. The molecule has 0 radical (unpaired) electrons. The predicted octanol–water partition coefficient (Wildman–Crippen LogP) is 2.07. The van der Waals surface area contributed by atoms with E-state index in [1.54, 1.807) is 0 Å². The normalized spacial score (nSPS) is 16.8. The van der Waals surface area contributed by atoms with Gasteiger partial charge < -0.3 is 14.7 Å². The average Bonchev–Trinajstić information content (AvgIpc) is 3.17. The molecule has 0 aliphatic carbocycles. The number of aliphatic carboxylic acids is 1. The third kappa shape index (κ3) is 6.05. The number of benzene rings is 1. The van der Waals surface area contributed by atoms with E-state index < -0.39 is 12.1 Å². The van der Waals surface area contributed by atoms with Crippen LogP contribution in [0.5, 0.6) is 0 Å². The summed E-state index contributed by atoms with van der Waals surface area (Å²) in [6, 6.07) is 10.5. The van der Waals surface area contributed by atoms with E-state index in [0.717, 1.165) is 37.3 Å². The first kappa shape index (κ1) is 22.8. The minimum atomic E-state index is -5.08. The summed E-state index contributed by atoms with van der Waals surface area (Å²) in [4.78, 5) is 25.8. The van der Waals surface area contributed by atoms with Crippen molar-refractivity contribution in [2.24, 2.45) is 0 Å². The molecule has 4 rings (SSSR count). The van der Waals surface area contributed by atoms with Gasteiger partial charge in [0.2, 0.25) is 0 Å². The van der Waals surface area contributed by atoms with Gasteiger partial charge in [-0.15, -0.1) is 0 Å². The third-order valence-electron chi connectivity index (χ3n) is 5.00. The number of hydrogen-bond acceptors (Lipinski definition) is 5. The Balaban J connectivity index is 0.000000339. The molecule has 11 heteroatoms. The Morgan fingerprint density at radius 2 is 1.77 bits per heavy atom. The molecule has 1 aromatic carbocycles. The first-order valence-electron chi connectivity index (χ1n) is 9.75. The van der Waals surface area contributed by atoms with Crippen LogP contribution in [0.3, 0.4) is 0 Å². The Hall–Kier alpha value is -2.92. The van der Waals surface area contributed by atoms with Gasteiger partial charge in [0.15, 0.2) is 5.69 Å². The van der Waals surface area contributed by atoms with Gasteiger partial charge in [0.1, 0.15) is 0 Å². The van der Waals surface area contributed by atoms with E-state index >= 15 is 0 Å². The van der Waals surface area contributed by atoms with Gasteiger partial charge >= 0.3 is 12.1 Å². The number of nitrogens with zero attached hydrogens (tertiary/aromatic N) is 3. The minimum absolute atomic E-state index is 0.0345. The molecule has 3 heterocycles. The van der Waals surface area contributed by atoms with E-state index in [1.807, 2.05) is 11.0 Å². The van der Waals surface area contributed by atoms with Crippen LogP contribution in [-0.2, 0) is 29.0 Å². The molecular formula is C20H23F3N4O4. The second kappa shape index (κ2) is 9.92. The van der Waals surface area contributed by atoms with Crippen LogP contribution in [0.25, 0.3) is 0 Å². The Bertz CT molecular complexity index is 896. The van der Waals surface area contributed by atoms with E-state index in [2.05, 4.69) is 39.4 Å². The zero-order chi connectivity index (χ0) is 22.4. The number of nitrogens with one attached hydrogen (secondary N) is 1. The van der Waals surface area contributed by atoms with Crippen molar-refractivity contribution < 1.29 is 32.6 Å². The number of carboxylic acids is 1. The minimum Gasteiger partial charge on any atom is -0.475 e. The lowest BCUT2D eigenvalue weighted by Crippen LogP contribution is -2.41. The molecule has 2 aromatic rings. The van der Waals surface area contributed by atoms with Crippen LogP contribution in [-0.4, -0.2) is 76.0 Å². The number of H-pyrrole nitrogens is 1. The summed E-state index contributed by atoms with van der Waals surface area (Å²) in [6.07, 6.45) is -4.22. The second-order valence-electron chi connectivity index (χ2n) is 7.18. The fourth-order valence-corrected chi connectivity index (χ4v) is 3.44. The van der Waals surface area contributed by atoms with Crippen molar-refractivity contribution in [3.63, 3.8) is 0 Å². The van der Waals surface area contributed by atoms with E-state index in [-0.39, 0.29) is 5.91 Å². The van der Waals surface area contributed by atoms with Crippen LogP contribution >= 0.6 is 0 Å². The molecule has 31 heavy (non-hydrogen) atoms. The number of morpholine rings is 1. The number of carboxylic acid groups (broad SMARTS) is 1. The van der Waals surface area contributed by atoms with Gasteiger partial charge in [0, 0.05) is 38.3 Å². The summed E-state index contributed by atoms with van der Waals surface area (Å²) in [5.41, 5.74) is 4.08. The van der Waals surface area contributed by atoms with E-state index in [4.69, 9.17) is 14.6 Å². The molecule has 0 bridgehead atoms. The summed E-state index contributed by atoms with van der Waals surface area (Å²) in [5, 5.41) is 14.5. The number of aromatic nitrogens is 2. The molecule has 0 atom stereocenters. The van der Waals surface area contributed by atoms with Gasteiger partial charge in [0.05, 0.1) is 18.9 Å². The molecule has 1 saturated heterocycles. The SMILES string of the molecule is O=C(O)C(F)(F)F.O=C(c1n[nH]c2c1CCN(Cc1ccccc1)C2)N1CCOCC1. The molecule has 8 nitrogen and oxygen atoms in total. The van der Waals surface area contributed by atoms with Crippen LogP contribution in [0.4, 0.5) is 13.2 Å². The molecule has 168 valence electrons. The molecule has 1 aromatic heterocycles. The maximum Gasteiger partial charge on any atom is 0.490 e. The number of ether oxygens (including phenoxy) is 1. The number of alkyl halides is 3. The topological polar surface area (TPSA) is 98.8 Å². The summed E-state index contributed by atoms with van der Waals surface area (Å²) >= 11 is 0. The highest BCUT2D eigenvalue weighted by Gasteiger charge is 2.38. The Morgan fingerprint density at radius 1 is 1.13 bits per heavy atom. The summed E-state index contributed by atoms with van der Waals surface area (Å²) in [5.74, 6) is -2.72. The second-order valence-corrected chi connectivity index (χ2v) is 7.18. The van der Waals surface area contributed by atoms with Gasteiger partial charge in [-0.25, -0.2) is 4.79 Å². The molecule has 1 fully saturated rings. The monoisotopic (exact) mass is 440 g/mol. The van der Waals surface area contributed by atoms with E-state index in [0.29, 0.717) is 32.0 Å². The quantitative estimate of drug-likeness (QED) is 0.758. The number of hydrogen-bond donors (Lipinski definition) is 2. The lowest BCUT2D eigenvalue weighted by Gasteiger charge is -2.28. The van der Waals surface area contributed by atoms with Crippen molar-refractivity contribution >= 4 is 11.9 Å². The highest BCUT2D eigenvalue weighted by Crippen LogP contribution is 2.23. The molecule has 0 saturated carbocycles. The third-order valence-corrected chi connectivity index (χ3v) is 5.00. The standard InChI is InChI=1S/C18H22N4O2.C2HF3O2/c23-18(22-8-10-24-11-9-22)17-15-6-7-21(13-16(15)19-20-17)12-14-4-2-1-3-5-14;3-2(4,5)1(6)7/h1-5H,6-13H2,(H,19,20);(H,6,7). The molecule has 2 aliphatic rings. The summed E-state index contributed by atoms with van der Waals surface area (Å²) < 4.78 is 37.1. The summed E-state index contributed by atoms with van der Waals surface area (Å²) in [6.45, 7) is 5.22. The lowest BCUT2D eigenvalue weighted by atomic mass is 10.0. The lowest BCUT2D eigenvalue weighted by molar-refractivity contribution is -0.192. The zero-order valence-corrected chi connectivity index (χ0v) is 16.7. The van der Waals surface area contributed by atoms with Crippen molar-refractivity contribution in [3.05, 3.63) is 52.8 Å². The molecule has 1 amide bonds. The average molecular weight is 440 g/mol. The van der Waals surface area contributed by atoms with Gasteiger partial charge in [0.25, 0.3) is 5.91 Å². The van der Waals surface area contributed by atoms with Crippen molar-refractivity contribution in [3.8, 4) is 0 Å². The highest BCUT2D eigenvalue weighted by molar-refractivity contribution is 5.94. The van der Waals surface area contributed by atoms with Crippen molar-refractivity contribution in [2.45, 2.75) is 25.7 Å². The van der Waals surface area contributed by atoms with Crippen LogP contribution in [0.15, 0.2) is 30.3 Å². The first-order valence-corrected chi connectivity index (χ1v) is 9.75. The van der Waals surface area contributed by atoms with Crippen LogP contribution in [0, 0.1) is 0 Å². The van der Waals surface area contributed by atoms with Crippen LogP contribution in [0.2, 0.25) is 0 Å². The largest absolute Gasteiger partial charge is 0.490 e. The molecular weight excluding hydrogens is 417 g/mol. The van der Waals surface area contributed by atoms with Crippen molar-refractivity contribution in [2.75, 3.05) is 32.8 Å². The zero-order valence-electron chi connectivity index (χ0n) is 16.7. The maximum atomic E-state index is 12.7. The Labute approximate surface area is 176 Å². The summed E-state index contributed by atoms with van der Waals surface area (Å²) in [7, 11) is 0. The molecule has 0 spiro atoms. The number of carbonyl (C=O) groups is 2.